The Labute approximate surface area is 84.7 Å². The molecule has 80 valence electrons. The quantitative estimate of drug-likeness (QED) is 0.691. The maximum atomic E-state index is 13.4. The summed E-state index contributed by atoms with van der Waals surface area (Å²) in [5, 5.41) is 9.18. The van der Waals surface area contributed by atoms with Gasteiger partial charge in [-0.1, -0.05) is 0 Å². The van der Waals surface area contributed by atoms with E-state index in [9.17, 15) is 14.3 Å². The van der Waals surface area contributed by atoms with Gasteiger partial charge in [0.25, 0.3) is 0 Å². The van der Waals surface area contributed by atoms with Gasteiger partial charge >= 0.3 is 5.69 Å². The number of rotatable bonds is 1. The first kappa shape index (κ1) is 9.85. The number of nitrogens with zero attached hydrogens (tertiary/aromatic N) is 2. The van der Waals surface area contributed by atoms with Crippen molar-refractivity contribution in [2.75, 3.05) is 5.73 Å². The van der Waals surface area contributed by atoms with E-state index in [1.807, 2.05) is 0 Å². The van der Waals surface area contributed by atoms with Crippen molar-refractivity contribution in [1.82, 2.24) is 9.55 Å². The summed E-state index contributed by atoms with van der Waals surface area (Å²) in [6, 6.07) is 1.41. The summed E-state index contributed by atoms with van der Waals surface area (Å²) in [7, 11) is 0. The second kappa shape index (κ2) is 3.47. The van der Waals surface area contributed by atoms with E-state index in [1.165, 1.54) is 12.3 Å². The Morgan fingerprint density at radius 1 is 1.67 bits per heavy atom. The summed E-state index contributed by atoms with van der Waals surface area (Å²) in [4.78, 5) is 14.8. The van der Waals surface area contributed by atoms with Gasteiger partial charge in [-0.15, -0.1) is 0 Å². The Morgan fingerprint density at radius 2 is 2.40 bits per heavy atom. The Morgan fingerprint density at radius 3 is 2.93 bits per heavy atom. The van der Waals surface area contributed by atoms with Crippen LogP contribution in [0.2, 0.25) is 0 Å². The molecule has 1 aromatic rings. The van der Waals surface area contributed by atoms with Gasteiger partial charge in [0.05, 0.1) is 5.70 Å². The Bertz CT molecular complexity index is 480. The highest BCUT2D eigenvalue weighted by Gasteiger charge is 2.25. The highest BCUT2D eigenvalue weighted by molar-refractivity contribution is 5.52. The Balaban J connectivity index is 2.52. The van der Waals surface area contributed by atoms with Gasteiger partial charge in [-0.05, 0) is 18.9 Å². The van der Waals surface area contributed by atoms with E-state index in [0.29, 0.717) is 6.42 Å². The van der Waals surface area contributed by atoms with Gasteiger partial charge < -0.3 is 10.8 Å². The molecule has 0 fully saturated rings. The fourth-order valence-electron chi connectivity index (χ4n) is 1.57. The molecule has 0 saturated heterocycles. The highest BCUT2D eigenvalue weighted by atomic mass is 19.1. The molecule has 1 heterocycles. The van der Waals surface area contributed by atoms with Crippen molar-refractivity contribution >= 4 is 11.5 Å². The van der Waals surface area contributed by atoms with Crippen molar-refractivity contribution in [3.8, 4) is 0 Å². The van der Waals surface area contributed by atoms with Gasteiger partial charge in [0.1, 0.15) is 17.7 Å². The van der Waals surface area contributed by atoms with Crippen LogP contribution in [0.5, 0.6) is 0 Å². The predicted molar refractivity (Wildman–Crippen MR) is 52.5 cm³/mol. The Kier molecular flexibility index (Phi) is 2.28. The molecule has 1 atom stereocenters. The van der Waals surface area contributed by atoms with E-state index in [2.05, 4.69) is 4.98 Å². The average molecular weight is 211 g/mol. The minimum absolute atomic E-state index is 0.0933. The number of anilines is 1. The number of aliphatic hydroxyl groups excluding tert-OH is 1. The van der Waals surface area contributed by atoms with Crippen LogP contribution in [0, 0.1) is 0 Å². The zero-order valence-corrected chi connectivity index (χ0v) is 7.85. The number of aliphatic hydroxyl groups is 1. The van der Waals surface area contributed by atoms with Crippen LogP contribution >= 0.6 is 0 Å². The van der Waals surface area contributed by atoms with Gasteiger partial charge in [-0.25, -0.2) is 9.18 Å². The van der Waals surface area contributed by atoms with Gasteiger partial charge in [0.2, 0.25) is 0 Å². The maximum absolute atomic E-state index is 13.4. The lowest BCUT2D eigenvalue weighted by atomic mass is 10.3. The normalized spacial score (nSPS) is 21.1. The molecule has 0 radical (unpaired) electrons. The van der Waals surface area contributed by atoms with Crippen LogP contribution in [0.25, 0.3) is 5.70 Å². The molecule has 0 unspecified atom stereocenters. The second-order valence-electron chi connectivity index (χ2n) is 3.35. The smallest absolute Gasteiger partial charge is 0.353 e. The molecule has 0 amide bonds. The molecule has 0 spiro atoms. The zero-order chi connectivity index (χ0) is 11.0. The summed E-state index contributed by atoms with van der Waals surface area (Å²) in [5.41, 5.74) is 4.84. The summed E-state index contributed by atoms with van der Waals surface area (Å²) in [5.74, 6) is -0.570. The third-order valence-corrected chi connectivity index (χ3v) is 2.34. The number of hydrogen-bond donors (Lipinski definition) is 2. The maximum Gasteiger partial charge on any atom is 0.353 e. The van der Waals surface area contributed by atoms with Gasteiger partial charge in [-0.3, -0.25) is 4.57 Å². The van der Waals surface area contributed by atoms with Crippen LogP contribution in [-0.2, 0) is 0 Å². The predicted octanol–water partition coefficient (Wildman–Crippen LogP) is 0.118. The van der Waals surface area contributed by atoms with Crippen LogP contribution in [-0.4, -0.2) is 20.8 Å². The first-order valence-electron chi connectivity index (χ1n) is 4.52. The summed E-state index contributed by atoms with van der Waals surface area (Å²) >= 11 is 0. The summed E-state index contributed by atoms with van der Waals surface area (Å²) in [6.45, 7) is 0. The molecule has 15 heavy (non-hydrogen) atoms. The van der Waals surface area contributed by atoms with Crippen molar-refractivity contribution in [3.05, 3.63) is 28.6 Å². The molecule has 0 bridgehead atoms. The highest BCUT2D eigenvalue weighted by Crippen LogP contribution is 2.29. The monoisotopic (exact) mass is 211 g/mol. The number of aromatic nitrogens is 2. The molecule has 0 saturated carbocycles. The fourth-order valence-corrected chi connectivity index (χ4v) is 1.57. The third-order valence-electron chi connectivity index (χ3n) is 2.34. The van der Waals surface area contributed by atoms with E-state index in [-0.39, 0.29) is 17.9 Å². The Hall–Kier alpha value is -1.69. The van der Waals surface area contributed by atoms with Crippen LogP contribution in [0.3, 0.4) is 0 Å². The van der Waals surface area contributed by atoms with E-state index in [4.69, 9.17) is 5.73 Å². The van der Waals surface area contributed by atoms with E-state index in [0.717, 1.165) is 4.57 Å². The lowest BCUT2D eigenvalue weighted by Crippen LogP contribution is -2.22. The molecule has 3 N–H and O–H groups in total. The standard InChI is InChI=1S/C9H10FN3O2/c10-8-5(1-2-6(8)14)13-4-3-7(11)12-9(13)15/h3-4,6,14H,1-2H2,(H2,11,12,15)/t6-/m0/s1. The first-order valence-corrected chi connectivity index (χ1v) is 4.52. The number of allylic oxidation sites excluding steroid dienone is 1. The fraction of sp³-hybridized carbons (Fsp3) is 0.333. The van der Waals surface area contributed by atoms with Crippen molar-refractivity contribution < 1.29 is 9.50 Å². The van der Waals surface area contributed by atoms with Crippen LogP contribution in [0.15, 0.2) is 22.9 Å². The first-order chi connectivity index (χ1) is 7.09. The minimum Gasteiger partial charge on any atom is -0.386 e. The van der Waals surface area contributed by atoms with Crippen molar-refractivity contribution in [1.29, 1.82) is 0 Å². The van der Waals surface area contributed by atoms with Crippen molar-refractivity contribution in [2.45, 2.75) is 18.9 Å². The molecular formula is C9H10FN3O2. The molecule has 1 aliphatic rings. The van der Waals surface area contributed by atoms with Crippen LogP contribution < -0.4 is 11.4 Å². The lowest BCUT2D eigenvalue weighted by Gasteiger charge is -2.05. The third kappa shape index (κ3) is 1.63. The largest absolute Gasteiger partial charge is 0.386 e. The zero-order valence-electron chi connectivity index (χ0n) is 7.85. The molecule has 1 aromatic heterocycles. The van der Waals surface area contributed by atoms with E-state index in [1.54, 1.807) is 0 Å². The van der Waals surface area contributed by atoms with Crippen LogP contribution in [0.4, 0.5) is 10.2 Å². The molecule has 1 aliphatic carbocycles. The van der Waals surface area contributed by atoms with Gasteiger partial charge in [0.15, 0.2) is 0 Å². The van der Waals surface area contributed by atoms with E-state index >= 15 is 0 Å². The average Bonchev–Trinajstić information content (AvgIpc) is 2.49. The topological polar surface area (TPSA) is 81.1 Å². The number of nitrogen functional groups attached to an aromatic ring is 1. The van der Waals surface area contributed by atoms with Crippen molar-refractivity contribution in [3.63, 3.8) is 0 Å². The summed E-state index contributed by atoms with van der Waals surface area (Å²) < 4.78 is 14.4. The molecule has 6 heteroatoms. The molecule has 0 aromatic carbocycles. The van der Waals surface area contributed by atoms with Gasteiger partial charge in [-0.2, -0.15) is 4.98 Å². The number of hydrogen-bond acceptors (Lipinski definition) is 4. The lowest BCUT2D eigenvalue weighted by molar-refractivity contribution is 0.186. The van der Waals surface area contributed by atoms with Crippen molar-refractivity contribution in [2.24, 2.45) is 0 Å². The van der Waals surface area contributed by atoms with E-state index < -0.39 is 17.6 Å². The molecule has 2 rings (SSSR count). The van der Waals surface area contributed by atoms with Gasteiger partial charge in [0, 0.05) is 6.20 Å². The molecule has 5 nitrogen and oxygen atoms in total. The number of halogens is 1. The number of nitrogens with two attached hydrogens (primary N) is 1. The minimum atomic E-state index is -1.11. The second-order valence-corrected chi connectivity index (χ2v) is 3.35. The molecule has 0 aliphatic heterocycles. The molecular weight excluding hydrogens is 201 g/mol. The van der Waals surface area contributed by atoms with Crippen LogP contribution in [0.1, 0.15) is 12.8 Å². The summed E-state index contributed by atoms with van der Waals surface area (Å²) in [6.07, 6.45) is 0.859. The SMILES string of the molecule is Nc1ccn(C2=C(F)[C@@H](O)CC2)c(=O)n1.